The van der Waals surface area contributed by atoms with Crippen LogP contribution in [0.15, 0.2) is 4.47 Å². The van der Waals surface area contributed by atoms with Gasteiger partial charge in [-0.2, -0.15) is 16.9 Å². The van der Waals surface area contributed by atoms with Gasteiger partial charge in [0.05, 0.1) is 15.9 Å². The van der Waals surface area contributed by atoms with E-state index in [0.717, 1.165) is 28.9 Å². The molecule has 1 aromatic heterocycles. The van der Waals surface area contributed by atoms with E-state index in [0.29, 0.717) is 6.04 Å². The van der Waals surface area contributed by atoms with E-state index < -0.39 is 0 Å². The fourth-order valence-corrected chi connectivity index (χ4v) is 2.88. The topological polar surface area (TPSA) is 29.9 Å². The normalized spacial score (nSPS) is 13.1. The Morgan fingerprint density at radius 2 is 2.25 bits per heavy atom. The summed E-state index contributed by atoms with van der Waals surface area (Å²) in [6, 6.07) is 0.507. The molecular weight excluding hydrogens is 286 g/mol. The van der Waals surface area contributed by atoms with Crippen LogP contribution in [0.25, 0.3) is 0 Å². The van der Waals surface area contributed by atoms with Crippen molar-refractivity contribution in [3.8, 4) is 0 Å². The minimum Gasteiger partial charge on any atom is -0.316 e. The molecule has 1 atom stereocenters. The van der Waals surface area contributed by atoms with E-state index in [1.165, 1.54) is 5.69 Å². The number of thioether (sulfide) groups is 1. The van der Waals surface area contributed by atoms with Crippen LogP contribution in [0.5, 0.6) is 0 Å². The van der Waals surface area contributed by atoms with Crippen LogP contribution in [0, 0.1) is 6.92 Å². The Labute approximate surface area is 110 Å². The summed E-state index contributed by atoms with van der Waals surface area (Å²) in [6.45, 7) is 5.10. The van der Waals surface area contributed by atoms with E-state index in [-0.39, 0.29) is 0 Å². The Morgan fingerprint density at radius 3 is 2.75 bits per heavy atom. The summed E-state index contributed by atoms with van der Waals surface area (Å²) in [4.78, 5) is 0. The molecule has 1 aromatic rings. The van der Waals surface area contributed by atoms with Crippen LogP contribution in [-0.2, 0) is 13.0 Å². The van der Waals surface area contributed by atoms with Gasteiger partial charge in [0.25, 0.3) is 0 Å². The highest BCUT2D eigenvalue weighted by molar-refractivity contribution is 9.10. The number of aromatic nitrogens is 2. The zero-order valence-electron chi connectivity index (χ0n) is 10.4. The maximum absolute atomic E-state index is 4.51. The average molecular weight is 306 g/mol. The van der Waals surface area contributed by atoms with Gasteiger partial charge in [-0.25, -0.2) is 0 Å². The fraction of sp³-hybridized carbons (Fsp3) is 0.727. The molecule has 0 saturated heterocycles. The highest BCUT2D eigenvalue weighted by Crippen LogP contribution is 2.22. The third-order valence-corrected chi connectivity index (χ3v) is 4.44. The van der Waals surface area contributed by atoms with Gasteiger partial charge in [-0.1, -0.05) is 0 Å². The largest absolute Gasteiger partial charge is 0.316 e. The van der Waals surface area contributed by atoms with Gasteiger partial charge in [-0.15, -0.1) is 0 Å². The molecule has 5 heteroatoms. The van der Waals surface area contributed by atoms with Crippen LogP contribution in [0.4, 0.5) is 0 Å². The summed E-state index contributed by atoms with van der Waals surface area (Å²) < 4.78 is 3.25. The lowest BCUT2D eigenvalue weighted by Gasteiger charge is -2.15. The Kier molecular flexibility index (Phi) is 5.86. The van der Waals surface area contributed by atoms with E-state index in [9.17, 15) is 0 Å². The van der Waals surface area contributed by atoms with Crippen LogP contribution >= 0.6 is 27.7 Å². The zero-order chi connectivity index (χ0) is 12.1. The van der Waals surface area contributed by atoms with Crippen molar-refractivity contribution in [3.05, 3.63) is 15.9 Å². The first-order valence-corrected chi connectivity index (χ1v) is 7.70. The number of aryl methyl sites for hydroxylation is 2. The Bertz CT molecular complexity index is 338. The Morgan fingerprint density at radius 1 is 1.56 bits per heavy atom. The Hall–Kier alpha value is -0.0000000000000000763. The van der Waals surface area contributed by atoms with Crippen LogP contribution < -0.4 is 5.32 Å². The minimum absolute atomic E-state index is 0.507. The van der Waals surface area contributed by atoms with Gasteiger partial charge >= 0.3 is 0 Å². The summed E-state index contributed by atoms with van der Waals surface area (Å²) >= 11 is 5.50. The highest BCUT2D eigenvalue weighted by atomic mass is 79.9. The molecule has 0 aliphatic rings. The van der Waals surface area contributed by atoms with Crippen LogP contribution in [0.2, 0.25) is 0 Å². The predicted molar refractivity (Wildman–Crippen MR) is 75.3 cm³/mol. The standard InChI is InChI=1S/C11H20BrN3S/c1-5-15-10(11(12)8(2)14-15)6-9(13-3)7-16-4/h9,13H,5-7H2,1-4H3. The van der Waals surface area contributed by atoms with Crippen molar-refractivity contribution in [1.82, 2.24) is 15.1 Å². The molecule has 0 spiro atoms. The number of nitrogens with one attached hydrogen (secondary N) is 1. The fourth-order valence-electron chi connectivity index (χ4n) is 1.74. The lowest BCUT2D eigenvalue weighted by molar-refractivity contribution is 0.555. The average Bonchev–Trinajstić information content (AvgIpc) is 2.55. The molecule has 0 aliphatic heterocycles. The molecule has 16 heavy (non-hydrogen) atoms. The summed E-state index contributed by atoms with van der Waals surface area (Å²) in [7, 11) is 2.02. The van der Waals surface area contributed by atoms with E-state index in [4.69, 9.17) is 0 Å². The molecule has 0 aromatic carbocycles. The van der Waals surface area contributed by atoms with Crippen molar-refractivity contribution in [2.45, 2.75) is 32.9 Å². The SMILES string of the molecule is CCn1nc(C)c(Br)c1CC(CSC)NC. The zero-order valence-corrected chi connectivity index (χ0v) is 12.8. The second-order valence-electron chi connectivity index (χ2n) is 3.81. The first-order valence-electron chi connectivity index (χ1n) is 5.52. The number of halogens is 1. The molecule has 3 nitrogen and oxygen atoms in total. The third-order valence-electron chi connectivity index (χ3n) is 2.67. The van der Waals surface area contributed by atoms with Crippen molar-refractivity contribution in [3.63, 3.8) is 0 Å². The van der Waals surface area contributed by atoms with Gasteiger partial charge in [0.15, 0.2) is 0 Å². The monoisotopic (exact) mass is 305 g/mol. The van der Waals surface area contributed by atoms with E-state index in [2.05, 4.69) is 44.2 Å². The van der Waals surface area contributed by atoms with Crippen LogP contribution in [0.3, 0.4) is 0 Å². The number of likely N-dealkylation sites (N-methyl/N-ethyl adjacent to an activating group) is 1. The molecule has 0 saturated carbocycles. The Balaban J connectivity index is 2.85. The van der Waals surface area contributed by atoms with Crippen LogP contribution in [0.1, 0.15) is 18.3 Å². The first-order chi connectivity index (χ1) is 7.63. The molecule has 1 heterocycles. The predicted octanol–water partition coefficient (Wildman–Crippen LogP) is 2.47. The first kappa shape index (κ1) is 14.1. The smallest absolute Gasteiger partial charge is 0.0738 e. The molecule has 0 radical (unpaired) electrons. The lowest BCUT2D eigenvalue weighted by Crippen LogP contribution is -2.31. The minimum atomic E-state index is 0.507. The van der Waals surface area contributed by atoms with Crippen molar-refractivity contribution >= 4 is 27.7 Å². The summed E-state index contributed by atoms with van der Waals surface area (Å²) in [5.41, 5.74) is 2.38. The molecule has 0 bridgehead atoms. The van der Waals surface area contributed by atoms with Gasteiger partial charge in [0.1, 0.15) is 0 Å². The molecule has 1 unspecified atom stereocenters. The number of nitrogens with zero attached hydrogens (tertiary/aromatic N) is 2. The molecule has 0 amide bonds. The van der Waals surface area contributed by atoms with Gasteiger partial charge in [-0.05, 0) is 43.1 Å². The number of hydrogen-bond acceptors (Lipinski definition) is 3. The van der Waals surface area contributed by atoms with Gasteiger partial charge < -0.3 is 5.32 Å². The maximum atomic E-state index is 4.51. The quantitative estimate of drug-likeness (QED) is 0.875. The van der Waals surface area contributed by atoms with Gasteiger partial charge in [0.2, 0.25) is 0 Å². The molecule has 1 rings (SSSR count). The van der Waals surface area contributed by atoms with Crippen molar-refractivity contribution in [1.29, 1.82) is 0 Å². The van der Waals surface area contributed by atoms with Crippen molar-refractivity contribution < 1.29 is 0 Å². The van der Waals surface area contributed by atoms with E-state index >= 15 is 0 Å². The van der Waals surface area contributed by atoms with E-state index in [1.54, 1.807) is 0 Å². The maximum Gasteiger partial charge on any atom is 0.0738 e. The molecule has 1 N–H and O–H groups in total. The van der Waals surface area contributed by atoms with Crippen LogP contribution in [-0.4, -0.2) is 34.9 Å². The summed E-state index contributed by atoms with van der Waals surface area (Å²) in [5, 5.41) is 7.87. The van der Waals surface area contributed by atoms with Gasteiger partial charge in [0, 0.05) is 24.8 Å². The highest BCUT2D eigenvalue weighted by Gasteiger charge is 2.16. The lowest BCUT2D eigenvalue weighted by atomic mass is 10.2. The van der Waals surface area contributed by atoms with Crippen molar-refractivity contribution in [2.75, 3.05) is 19.1 Å². The molecule has 92 valence electrons. The van der Waals surface area contributed by atoms with E-state index in [1.807, 2.05) is 25.7 Å². The second kappa shape index (κ2) is 6.67. The van der Waals surface area contributed by atoms with Gasteiger partial charge in [-0.3, -0.25) is 4.68 Å². The number of rotatable bonds is 6. The molecule has 0 fully saturated rings. The molecular formula is C11H20BrN3S. The second-order valence-corrected chi connectivity index (χ2v) is 5.51. The van der Waals surface area contributed by atoms with Crippen molar-refractivity contribution in [2.24, 2.45) is 0 Å². The molecule has 0 aliphatic carbocycles. The summed E-state index contributed by atoms with van der Waals surface area (Å²) in [5.74, 6) is 1.12. The number of hydrogen-bond donors (Lipinski definition) is 1. The summed E-state index contributed by atoms with van der Waals surface area (Å²) in [6.07, 6.45) is 3.16. The third kappa shape index (κ3) is 3.25.